The van der Waals surface area contributed by atoms with Crippen molar-refractivity contribution in [3.63, 3.8) is 0 Å². The molecular formula is C14H13N3O4. The van der Waals surface area contributed by atoms with Crippen molar-refractivity contribution in [3.05, 3.63) is 30.0 Å². The minimum atomic E-state index is -0.722. The highest BCUT2D eigenvalue weighted by Gasteiger charge is 2.16. The molecule has 21 heavy (non-hydrogen) atoms. The van der Waals surface area contributed by atoms with Crippen LogP contribution in [0.25, 0.3) is 6.08 Å². The number of rotatable bonds is 2. The Balaban J connectivity index is 1.88. The summed E-state index contributed by atoms with van der Waals surface area (Å²) >= 11 is 0. The Morgan fingerprint density at radius 1 is 1.24 bits per heavy atom. The smallest absolute Gasteiger partial charge is 0.338 e. The molecule has 1 fully saturated rings. The van der Waals surface area contributed by atoms with Gasteiger partial charge in [-0.05, 0) is 18.9 Å². The SMILES string of the molecule is O=C1/C=C\C(=O)Oc2nc(ncc2/C=C/[C@H]2CCNC2)O1. The Labute approximate surface area is 120 Å². The monoisotopic (exact) mass is 287 g/mol. The largest absolute Gasteiger partial charge is 0.403 e. The minimum absolute atomic E-state index is 0.0755. The zero-order valence-electron chi connectivity index (χ0n) is 11.1. The molecule has 0 amide bonds. The van der Waals surface area contributed by atoms with E-state index in [9.17, 15) is 9.59 Å². The van der Waals surface area contributed by atoms with E-state index < -0.39 is 11.9 Å². The average molecular weight is 287 g/mol. The molecule has 0 aromatic carbocycles. The first-order valence-corrected chi connectivity index (χ1v) is 6.58. The Bertz CT molecular complexity index is 633. The lowest BCUT2D eigenvalue weighted by atomic mass is 10.1. The van der Waals surface area contributed by atoms with Crippen molar-refractivity contribution in [1.29, 1.82) is 0 Å². The number of hydrogen-bond donors (Lipinski definition) is 1. The van der Waals surface area contributed by atoms with Gasteiger partial charge in [0.2, 0.25) is 5.88 Å². The summed E-state index contributed by atoms with van der Waals surface area (Å²) in [5.41, 5.74) is 0.561. The third-order valence-electron chi connectivity index (χ3n) is 3.15. The third kappa shape index (κ3) is 3.32. The Kier molecular flexibility index (Phi) is 3.74. The molecule has 2 bridgehead atoms. The van der Waals surface area contributed by atoms with Crippen LogP contribution in [0.2, 0.25) is 0 Å². The fraction of sp³-hybridized carbons (Fsp3) is 0.286. The van der Waals surface area contributed by atoms with Gasteiger partial charge in [-0.1, -0.05) is 12.2 Å². The molecule has 0 unspecified atom stereocenters. The van der Waals surface area contributed by atoms with Crippen LogP contribution in [-0.4, -0.2) is 35.0 Å². The average Bonchev–Trinajstić information content (AvgIpc) is 2.98. The molecule has 0 aliphatic carbocycles. The second kappa shape index (κ2) is 5.84. The Hall–Kier alpha value is -2.54. The molecule has 1 saturated heterocycles. The van der Waals surface area contributed by atoms with E-state index in [2.05, 4.69) is 15.3 Å². The first-order chi connectivity index (χ1) is 10.2. The van der Waals surface area contributed by atoms with Crippen LogP contribution in [0.5, 0.6) is 11.9 Å². The molecule has 3 heterocycles. The van der Waals surface area contributed by atoms with Crippen LogP contribution in [0.1, 0.15) is 12.0 Å². The number of aromatic nitrogens is 2. The molecule has 1 aromatic rings. The van der Waals surface area contributed by atoms with E-state index in [0.29, 0.717) is 11.5 Å². The van der Waals surface area contributed by atoms with Crippen molar-refractivity contribution in [2.24, 2.45) is 5.92 Å². The van der Waals surface area contributed by atoms with Gasteiger partial charge in [-0.15, -0.1) is 0 Å². The maximum absolute atomic E-state index is 11.5. The number of nitrogens with zero attached hydrogens (tertiary/aromatic N) is 2. The molecule has 2 aliphatic rings. The topological polar surface area (TPSA) is 90.4 Å². The van der Waals surface area contributed by atoms with Crippen LogP contribution in [0, 0.1) is 5.92 Å². The number of carbonyl (C=O) groups excluding carboxylic acids is 2. The van der Waals surface area contributed by atoms with Gasteiger partial charge in [0.05, 0.1) is 5.56 Å². The predicted octanol–water partition coefficient (Wildman–Crippen LogP) is 0.480. The van der Waals surface area contributed by atoms with Gasteiger partial charge in [0.1, 0.15) is 0 Å². The summed E-state index contributed by atoms with van der Waals surface area (Å²) in [6.45, 7) is 1.91. The molecule has 2 aliphatic heterocycles. The standard InChI is InChI=1S/C14H13N3O4/c18-11-3-4-12(19)21-14-16-8-10(13(17-14)20-11)2-1-9-5-6-15-7-9/h1-4,8-9,15H,5-7H2/b2-1+,4-3-/t9-/m0/s1. The first-order valence-electron chi connectivity index (χ1n) is 6.58. The molecule has 108 valence electrons. The minimum Gasteiger partial charge on any atom is -0.403 e. The van der Waals surface area contributed by atoms with Crippen molar-refractivity contribution < 1.29 is 19.1 Å². The van der Waals surface area contributed by atoms with E-state index in [1.54, 1.807) is 0 Å². The van der Waals surface area contributed by atoms with Gasteiger partial charge < -0.3 is 14.8 Å². The Morgan fingerprint density at radius 3 is 2.81 bits per heavy atom. The second-order valence-electron chi connectivity index (χ2n) is 4.70. The van der Waals surface area contributed by atoms with Crippen molar-refractivity contribution in [3.8, 4) is 11.9 Å². The molecule has 1 atom stereocenters. The van der Waals surface area contributed by atoms with E-state index in [4.69, 9.17) is 9.47 Å². The summed E-state index contributed by atoms with van der Waals surface area (Å²) in [5, 5.41) is 3.26. The Morgan fingerprint density at radius 2 is 2.05 bits per heavy atom. The molecular weight excluding hydrogens is 274 g/mol. The molecule has 1 aromatic heterocycles. The van der Waals surface area contributed by atoms with Crippen LogP contribution in [0.15, 0.2) is 24.4 Å². The van der Waals surface area contributed by atoms with Crippen molar-refractivity contribution in [2.45, 2.75) is 6.42 Å². The summed E-state index contributed by atoms with van der Waals surface area (Å²) in [6, 6.07) is -0.144. The van der Waals surface area contributed by atoms with E-state index >= 15 is 0 Å². The summed E-state index contributed by atoms with van der Waals surface area (Å²) in [7, 11) is 0. The van der Waals surface area contributed by atoms with Gasteiger partial charge >= 0.3 is 17.9 Å². The lowest BCUT2D eigenvalue weighted by Crippen LogP contribution is -2.08. The van der Waals surface area contributed by atoms with Crippen LogP contribution < -0.4 is 14.8 Å². The zero-order valence-corrected chi connectivity index (χ0v) is 11.1. The van der Waals surface area contributed by atoms with Gasteiger partial charge in [-0.3, -0.25) is 0 Å². The van der Waals surface area contributed by atoms with Crippen LogP contribution in [0.3, 0.4) is 0 Å². The third-order valence-corrected chi connectivity index (χ3v) is 3.15. The number of nitrogens with one attached hydrogen (secondary N) is 1. The van der Waals surface area contributed by atoms with Crippen LogP contribution in [0.4, 0.5) is 0 Å². The highest BCUT2D eigenvalue weighted by molar-refractivity contribution is 5.93. The zero-order chi connectivity index (χ0) is 14.7. The molecule has 1 N–H and O–H groups in total. The van der Waals surface area contributed by atoms with Gasteiger partial charge in [-0.2, -0.15) is 4.98 Å². The van der Waals surface area contributed by atoms with Crippen molar-refractivity contribution in [2.75, 3.05) is 13.1 Å². The number of carbonyl (C=O) groups is 2. The van der Waals surface area contributed by atoms with Gasteiger partial charge in [-0.25, -0.2) is 14.6 Å². The van der Waals surface area contributed by atoms with Gasteiger partial charge in [0.25, 0.3) is 0 Å². The van der Waals surface area contributed by atoms with E-state index in [0.717, 1.165) is 31.7 Å². The maximum Gasteiger partial charge on any atom is 0.338 e. The fourth-order valence-corrected chi connectivity index (χ4v) is 2.08. The normalized spacial score (nSPS) is 23.1. The second-order valence-corrected chi connectivity index (χ2v) is 4.70. The van der Waals surface area contributed by atoms with Crippen LogP contribution >= 0.6 is 0 Å². The van der Waals surface area contributed by atoms with Crippen molar-refractivity contribution >= 4 is 18.0 Å². The number of fused-ring (bicyclic) bond motifs is 2. The molecule has 0 saturated carbocycles. The first kappa shape index (κ1) is 13.4. The van der Waals surface area contributed by atoms with E-state index in [1.807, 2.05) is 12.2 Å². The summed E-state index contributed by atoms with van der Waals surface area (Å²) in [6.07, 6.45) is 8.33. The summed E-state index contributed by atoms with van der Waals surface area (Å²) in [5.74, 6) is -0.899. The number of hydrogen-bond acceptors (Lipinski definition) is 7. The van der Waals surface area contributed by atoms with Crippen molar-refractivity contribution in [1.82, 2.24) is 15.3 Å². The molecule has 7 heteroatoms. The lowest BCUT2D eigenvalue weighted by Gasteiger charge is -2.06. The molecule has 0 spiro atoms. The molecule has 0 radical (unpaired) electrons. The summed E-state index contributed by atoms with van der Waals surface area (Å²) < 4.78 is 9.94. The summed E-state index contributed by atoms with van der Waals surface area (Å²) in [4.78, 5) is 30.7. The van der Waals surface area contributed by atoms with E-state index in [-0.39, 0.29) is 11.9 Å². The predicted molar refractivity (Wildman–Crippen MR) is 72.5 cm³/mol. The highest BCUT2D eigenvalue weighted by Crippen LogP contribution is 2.22. The quantitative estimate of drug-likeness (QED) is 0.791. The molecule has 7 nitrogen and oxygen atoms in total. The number of ether oxygens (including phenoxy) is 2. The fourth-order valence-electron chi connectivity index (χ4n) is 2.08. The van der Waals surface area contributed by atoms with Gasteiger partial charge in [0, 0.05) is 24.9 Å². The molecule has 3 rings (SSSR count). The lowest BCUT2D eigenvalue weighted by molar-refractivity contribution is -0.131. The number of esters is 2. The van der Waals surface area contributed by atoms with Crippen LogP contribution in [-0.2, 0) is 9.59 Å². The van der Waals surface area contributed by atoms with E-state index in [1.165, 1.54) is 6.20 Å². The highest BCUT2D eigenvalue weighted by atomic mass is 16.6. The maximum atomic E-state index is 11.5. The van der Waals surface area contributed by atoms with Gasteiger partial charge in [0.15, 0.2) is 0 Å².